The van der Waals surface area contributed by atoms with Gasteiger partial charge in [-0.1, -0.05) is 43.8 Å². The van der Waals surface area contributed by atoms with Crippen LogP contribution in [0, 0.1) is 0 Å². The van der Waals surface area contributed by atoms with E-state index in [4.69, 9.17) is 4.98 Å². The molecule has 3 heterocycles. The fourth-order valence-electron chi connectivity index (χ4n) is 4.76. The Morgan fingerprint density at radius 1 is 1.02 bits per heavy atom. The largest absolute Gasteiger partial charge is 0.435 e. The monoisotopic (exact) mass is 570 g/mol. The average Bonchev–Trinajstić information content (AvgIpc) is 3.56. The molecule has 206 valence electrons. The first kappa shape index (κ1) is 26.6. The summed E-state index contributed by atoms with van der Waals surface area (Å²) >= 11 is 1.36. The van der Waals surface area contributed by atoms with E-state index in [9.17, 15) is 13.6 Å². The number of thioether (sulfide) groups is 1. The molecule has 0 spiro atoms. The highest BCUT2D eigenvalue weighted by atomic mass is 32.2. The number of ether oxygens (including phenoxy) is 1. The average molecular weight is 571 g/mol. The molecule has 1 aliphatic rings. The first-order valence-corrected chi connectivity index (χ1v) is 13.9. The number of alkyl halides is 2. The van der Waals surface area contributed by atoms with Gasteiger partial charge in [-0.15, -0.1) is 5.10 Å². The van der Waals surface area contributed by atoms with Crippen LogP contribution >= 0.6 is 11.8 Å². The van der Waals surface area contributed by atoms with Gasteiger partial charge in [0.25, 0.3) is 0 Å². The molecule has 1 amide bonds. The van der Waals surface area contributed by atoms with Crippen molar-refractivity contribution in [2.24, 2.45) is 10.2 Å². The van der Waals surface area contributed by atoms with E-state index in [2.05, 4.69) is 33.8 Å². The fourth-order valence-corrected chi connectivity index (χ4v) is 5.57. The summed E-state index contributed by atoms with van der Waals surface area (Å²) in [6.07, 6.45) is 3.25. The number of halogens is 2. The maximum absolute atomic E-state index is 12.7. The van der Waals surface area contributed by atoms with Crippen LogP contribution in [0.1, 0.15) is 31.0 Å². The number of carbonyl (C=O) groups excluding carboxylic acids is 1. The maximum Gasteiger partial charge on any atom is 0.387 e. The van der Waals surface area contributed by atoms with Gasteiger partial charge in [0.05, 0.1) is 39.9 Å². The lowest BCUT2D eigenvalue weighted by atomic mass is 10.0. The smallest absolute Gasteiger partial charge is 0.387 e. The van der Waals surface area contributed by atoms with E-state index in [1.807, 2.05) is 53.1 Å². The van der Waals surface area contributed by atoms with Crippen molar-refractivity contribution in [3.63, 3.8) is 0 Å². The van der Waals surface area contributed by atoms with Crippen molar-refractivity contribution in [1.29, 1.82) is 0 Å². The molecular weight excluding hydrogens is 546 g/mol. The molecule has 0 radical (unpaired) electrons. The van der Waals surface area contributed by atoms with Gasteiger partial charge in [0, 0.05) is 11.1 Å². The van der Waals surface area contributed by atoms with Crippen LogP contribution in [-0.4, -0.2) is 44.2 Å². The molecule has 0 atom stereocenters. The van der Waals surface area contributed by atoms with Crippen molar-refractivity contribution < 1.29 is 18.3 Å². The Hall–Kier alpha value is -4.64. The number of para-hydroxylation sites is 1. The number of hydrogen-bond acceptors (Lipinski definition) is 7. The molecular formula is C30H24F2N6O2S. The lowest BCUT2D eigenvalue weighted by molar-refractivity contribution is -0.115. The molecule has 1 aliphatic heterocycles. The van der Waals surface area contributed by atoms with E-state index in [-0.39, 0.29) is 17.6 Å². The summed E-state index contributed by atoms with van der Waals surface area (Å²) in [6.45, 7) is 1.32. The normalized spacial score (nSPS) is 15.0. The molecule has 41 heavy (non-hydrogen) atoms. The van der Waals surface area contributed by atoms with Crippen molar-refractivity contribution in [3.05, 3.63) is 90.4 Å². The number of amides is 1. The minimum Gasteiger partial charge on any atom is -0.435 e. The van der Waals surface area contributed by atoms with E-state index in [0.29, 0.717) is 16.6 Å². The number of anilines is 1. The molecule has 8 nitrogen and oxygen atoms in total. The van der Waals surface area contributed by atoms with Crippen LogP contribution in [0.5, 0.6) is 5.75 Å². The number of carbonyl (C=O) groups is 1. The van der Waals surface area contributed by atoms with Gasteiger partial charge >= 0.3 is 6.61 Å². The van der Waals surface area contributed by atoms with Crippen molar-refractivity contribution in [3.8, 4) is 11.4 Å². The number of pyridine rings is 1. The van der Waals surface area contributed by atoms with E-state index in [0.717, 1.165) is 38.9 Å². The van der Waals surface area contributed by atoms with Crippen LogP contribution in [0.15, 0.2) is 89.3 Å². The molecule has 2 aromatic heterocycles. The predicted octanol–water partition coefficient (Wildman–Crippen LogP) is 6.77. The molecule has 1 saturated heterocycles. The second-order valence-electron chi connectivity index (χ2n) is 9.58. The Kier molecular flexibility index (Phi) is 7.19. The Morgan fingerprint density at radius 3 is 2.61 bits per heavy atom. The van der Waals surface area contributed by atoms with Gasteiger partial charge in [-0.3, -0.25) is 14.3 Å². The Morgan fingerprint density at radius 2 is 1.83 bits per heavy atom. The Balaban J connectivity index is 1.26. The highest BCUT2D eigenvalue weighted by Gasteiger charge is 2.31. The summed E-state index contributed by atoms with van der Waals surface area (Å²) in [5, 5.41) is 10.0. The van der Waals surface area contributed by atoms with Gasteiger partial charge in [0.2, 0.25) is 5.91 Å². The minimum absolute atomic E-state index is 0.0261. The number of hydrogen-bond donors (Lipinski definition) is 0. The predicted molar refractivity (Wildman–Crippen MR) is 159 cm³/mol. The summed E-state index contributed by atoms with van der Waals surface area (Å²) < 4.78 is 31.3. The van der Waals surface area contributed by atoms with Crippen LogP contribution in [0.25, 0.3) is 27.6 Å². The van der Waals surface area contributed by atoms with Gasteiger partial charge in [-0.05, 0) is 66.1 Å². The molecule has 11 heteroatoms. The highest BCUT2D eigenvalue weighted by Crippen LogP contribution is 2.33. The number of nitrogens with zero attached hydrogens (tertiary/aromatic N) is 6. The molecule has 0 bridgehead atoms. The Bertz CT molecular complexity index is 1820. The minimum atomic E-state index is -2.87. The van der Waals surface area contributed by atoms with Gasteiger partial charge in [-0.2, -0.15) is 13.9 Å². The van der Waals surface area contributed by atoms with E-state index < -0.39 is 6.61 Å². The number of amidine groups is 1. The highest BCUT2D eigenvalue weighted by molar-refractivity contribution is 8.15. The van der Waals surface area contributed by atoms with Crippen LogP contribution < -0.4 is 9.64 Å². The second-order valence-corrected chi connectivity index (χ2v) is 10.5. The van der Waals surface area contributed by atoms with Gasteiger partial charge in [0.15, 0.2) is 5.17 Å². The Labute approximate surface area is 238 Å². The van der Waals surface area contributed by atoms with E-state index >= 15 is 0 Å². The first-order valence-electron chi connectivity index (χ1n) is 12.9. The quantitative estimate of drug-likeness (QED) is 0.159. The summed E-state index contributed by atoms with van der Waals surface area (Å²) in [7, 11) is 0. The van der Waals surface area contributed by atoms with Crippen molar-refractivity contribution in [2.75, 3.05) is 10.7 Å². The number of rotatable bonds is 7. The molecule has 3 aromatic carbocycles. The molecule has 6 rings (SSSR count). The number of aromatic nitrogens is 3. The molecule has 0 unspecified atom stereocenters. The lowest BCUT2D eigenvalue weighted by Crippen LogP contribution is -2.30. The van der Waals surface area contributed by atoms with Gasteiger partial charge in [0.1, 0.15) is 12.1 Å². The zero-order valence-corrected chi connectivity index (χ0v) is 22.9. The van der Waals surface area contributed by atoms with Crippen molar-refractivity contribution in [1.82, 2.24) is 14.5 Å². The van der Waals surface area contributed by atoms with Gasteiger partial charge in [-0.25, -0.2) is 9.97 Å². The lowest BCUT2D eigenvalue weighted by Gasteiger charge is -2.20. The summed E-state index contributed by atoms with van der Waals surface area (Å²) in [5.74, 6) is 0.628. The van der Waals surface area contributed by atoms with E-state index in [1.54, 1.807) is 29.6 Å². The van der Waals surface area contributed by atoms with Crippen molar-refractivity contribution in [2.45, 2.75) is 26.4 Å². The third-order valence-corrected chi connectivity index (χ3v) is 7.56. The third-order valence-electron chi connectivity index (χ3n) is 6.64. The third kappa shape index (κ3) is 5.28. The second kappa shape index (κ2) is 11.1. The molecule has 0 N–H and O–H groups in total. The number of benzene rings is 3. The molecule has 0 saturated carbocycles. The van der Waals surface area contributed by atoms with Crippen LogP contribution in [0.2, 0.25) is 0 Å². The zero-order valence-electron chi connectivity index (χ0n) is 22.1. The fraction of sp³-hybridized carbons (Fsp3) is 0.167. The maximum atomic E-state index is 12.7. The molecule has 5 aromatic rings. The van der Waals surface area contributed by atoms with Crippen LogP contribution in [0.3, 0.4) is 0 Å². The zero-order chi connectivity index (χ0) is 28.5. The van der Waals surface area contributed by atoms with E-state index in [1.165, 1.54) is 23.9 Å². The summed E-state index contributed by atoms with van der Waals surface area (Å²) in [6, 6.07) is 21.8. The molecule has 1 fully saturated rings. The summed E-state index contributed by atoms with van der Waals surface area (Å²) in [5.41, 5.74) is 5.61. The van der Waals surface area contributed by atoms with Crippen LogP contribution in [-0.2, 0) is 4.79 Å². The SMILES string of the molecule is CC(C)c1ccccc1N1C(=O)CSC1=NN=Cc1ccc2c(ccc3c2ncn3-c2ccc(OC(F)F)cc2)n1. The standard InChI is InChI=1S/C30H24F2N6O2S/c1-18(2)22-5-3-4-6-25(22)38-27(39)16-41-30(38)36-34-15-19-7-12-23-24(35-19)13-14-26-28(23)33-17-37(26)20-8-10-21(11-9-20)40-29(31)32/h3-15,17-18,29H,16H2,1-2H3. The first-order chi connectivity index (χ1) is 19.9. The van der Waals surface area contributed by atoms with Crippen LogP contribution in [0.4, 0.5) is 14.5 Å². The summed E-state index contributed by atoms with van der Waals surface area (Å²) in [4.78, 5) is 23.6. The number of imidazole rings is 1. The topological polar surface area (TPSA) is 85.0 Å². The molecule has 0 aliphatic carbocycles. The van der Waals surface area contributed by atoms with Gasteiger partial charge < -0.3 is 4.74 Å². The number of fused-ring (bicyclic) bond motifs is 3. The van der Waals surface area contributed by atoms with Crippen molar-refractivity contribution >= 4 is 56.7 Å².